The fourth-order valence-corrected chi connectivity index (χ4v) is 1.87. The maximum Gasteiger partial charge on any atom is 0.260 e. The molecule has 0 amide bonds. The van der Waals surface area contributed by atoms with E-state index in [9.17, 15) is 8.42 Å². The fourth-order valence-electron chi connectivity index (χ4n) is 1.39. The molecule has 6 nitrogen and oxygen atoms in total. The van der Waals surface area contributed by atoms with E-state index in [0.29, 0.717) is 11.3 Å². The molecule has 0 saturated heterocycles. The van der Waals surface area contributed by atoms with Gasteiger partial charge in [-0.05, 0) is 19.1 Å². The van der Waals surface area contributed by atoms with Gasteiger partial charge in [-0.2, -0.15) is 4.98 Å². The van der Waals surface area contributed by atoms with E-state index in [1.807, 2.05) is 0 Å². The van der Waals surface area contributed by atoms with Crippen LogP contribution in [-0.2, 0) is 9.84 Å². The second-order valence-electron chi connectivity index (χ2n) is 4.02. The lowest BCUT2D eigenvalue weighted by Gasteiger charge is -2.02. The predicted octanol–water partition coefficient (Wildman–Crippen LogP) is 1.42. The molecule has 2 N–H and O–H groups in total. The van der Waals surface area contributed by atoms with E-state index in [4.69, 9.17) is 10.3 Å². The van der Waals surface area contributed by atoms with Gasteiger partial charge in [0.05, 0.1) is 5.56 Å². The van der Waals surface area contributed by atoms with Crippen LogP contribution < -0.4 is 5.73 Å². The number of benzene rings is 1. The number of nitrogens with two attached hydrogens (primary N) is 1. The summed E-state index contributed by atoms with van der Waals surface area (Å²) in [6, 6.07) is 7.02. The van der Waals surface area contributed by atoms with Crippen molar-refractivity contribution >= 4 is 15.5 Å². The Kier molecular flexibility index (Phi) is 3.08. The summed E-state index contributed by atoms with van der Waals surface area (Å²) in [6.45, 7) is 1.51. The highest BCUT2D eigenvalue weighted by atomic mass is 32.2. The molecule has 0 bridgehead atoms. The van der Waals surface area contributed by atoms with Gasteiger partial charge in [0.2, 0.25) is 0 Å². The van der Waals surface area contributed by atoms with Crippen molar-refractivity contribution in [1.29, 1.82) is 0 Å². The van der Waals surface area contributed by atoms with Crippen LogP contribution in [0.2, 0.25) is 0 Å². The maximum absolute atomic E-state index is 11.4. The molecule has 2 rings (SSSR count). The minimum atomic E-state index is -3.25. The average Bonchev–Trinajstić information content (AvgIpc) is 2.76. The normalized spacial score (nSPS) is 13.4. The molecule has 0 aliphatic rings. The number of para-hydroxylation sites is 1. The molecule has 0 fully saturated rings. The van der Waals surface area contributed by atoms with Crippen molar-refractivity contribution in [3.05, 3.63) is 30.1 Å². The number of sulfone groups is 1. The number of aromatic nitrogens is 2. The fraction of sp³-hybridized carbons (Fsp3) is 0.273. The van der Waals surface area contributed by atoms with Crippen molar-refractivity contribution in [3.63, 3.8) is 0 Å². The zero-order valence-electron chi connectivity index (χ0n) is 9.99. The molecule has 2 aromatic rings. The Bertz CT molecular complexity index is 664. The summed E-state index contributed by atoms with van der Waals surface area (Å²) in [5.41, 5.74) is 6.87. The van der Waals surface area contributed by atoms with E-state index in [2.05, 4.69) is 10.1 Å². The summed E-state index contributed by atoms with van der Waals surface area (Å²) >= 11 is 0. The van der Waals surface area contributed by atoms with Crippen molar-refractivity contribution in [2.45, 2.75) is 12.2 Å². The van der Waals surface area contributed by atoms with Crippen molar-refractivity contribution in [1.82, 2.24) is 10.1 Å². The van der Waals surface area contributed by atoms with Crippen LogP contribution in [0.3, 0.4) is 0 Å². The van der Waals surface area contributed by atoms with Gasteiger partial charge in [0, 0.05) is 11.9 Å². The minimum absolute atomic E-state index is 0.135. The van der Waals surface area contributed by atoms with Crippen molar-refractivity contribution < 1.29 is 12.9 Å². The first-order chi connectivity index (χ1) is 8.39. The number of hydrogen-bond acceptors (Lipinski definition) is 6. The van der Waals surface area contributed by atoms with Gasteiger partial charge >= 0.3 is 0 Å². The third-order valence-electron chi connectivity index (χ3n) is 2.64. The Balaban J connectivity index is 2.41. The number of nitrogen functional groups attached to an aromatic ring is 1. The van der Waals surface area contributed by atoms with Crippen molar-refractivity contribution in [2.75, 3.05) is 12.0 Å². The molecule has 96 valence electrons. The summed E-state index contributed by atoms with van der Waals surface area (Å²) in [6.07, 6.45) is 1.13. The van der Waals surface area contributed by atoms with E-state index in [1.54, 1.807) is 24.3 Å². The first-order valence-electron chi connectivity index (χ1n) is 5.27. The SMILES string of the molecule is CC(c1noc(-c2ccccc2N)n1)S(C)(=O)=O. The van der Waals surface area contributed by atoms with Gasteiger partial charge in [-0.1, -0.05) is 17.3 Å². The molecule has 0 saturated carbocycles. The van der Waals surface area contributed by atoms with Gasteiger partial charge in [0.15, 0.2) is 15.7 Å². The van der Waals surface area contributed by atoms with Crippen LogP contribution in [-0.4, -0.2) is 24.8 Å². The van der Waals surface area contributed by atoms with E-state index >= 15 is 0 Å². The highest BCUT2D eigenvalue weighted by Crippen LogP contribution is 2.26. The lowest BCUT2D eigenvalue weighted by Crippen LogP contribution is -2.09. The number of anilines is 1. The van der Waals surface area contributed by atoms with Gasteiger partial charge in [-0.3, -0.25) is 0 Å². The van der Waals surface area contributed by atoms with Gasteiger partial charge in [0.25, 0.3) is 5.89 Å². The first kappa shape index (κ1) is 12.6. The summed E-state index contributed by atoms with van der Waals surface area (Å²) in [7, 11) is -3.25. The standard InChI is InChI=1S/C11H13N3O3S/c1-7(18(2,15)16)10-13-11(17-14-10)8-5-3-4-6-9(8)12/h3-7H,12H2,1-2H3. The molecule has 1 unspecified atom stereocenters. The minimum Gasteiger partial charge on any atom is -0.398 e. The van der Waals surface area contributed by atoms with Gasteiger partial charge in [-0.25, -0.2) is 8.42 Å². The number of hydrogen-bond donors (Lipinski definition) is 1. The van der Waals surface area contributed by atoms with Crippen LogP contribution in [0.1, 0.15) is 18.0 Å². The third-order valence-corrected chi connectivity index (χ3v) is 4.13. The topological polar surface area (TPSA) is 99.1 Å². The van der Waals surface area contributed by atoms with Gasteiger partial charge in [-0.15, -0.1) is 0 Å². The lowest BCUT2D eigenvalue weighted by atomic mass is 10.2. The maximum atomic E-state index is 11.4. The van der Waals surface area contributed by atoms with Crippen LogP contribution >= 0.6 is 0 Å². The molecule has 0 radical (unpaired) electrons. The van der Waals surface area contributed by atoms with E-state index in [0.717, 1.165) is 6.26 Å². The number of rotatable bonds is 3. The predicted molar refractivity (Wildman–Crippen MR) is 67.4 cm³/mol. The molecule has 0 aliphatic heterocycles. The molecule has 1 atom stereocenters. The Morgan fingerprint density at radius 3 is 2.61 bits per heavy atom. The molecule has 1 aromatic carbocycles. The third kappa shape index (κ3) is 2.35. The Morgan fingerprint density at radius 2 is 2.00 bits per heavy atom. The van der Waals surface area contributed by atoms with E-state index in [-0.39, 0.29) is 11.7 Å². The Morgan fingerprint density at radius 1 is 1.33 bits per heavy atom. The second-order valence-corrected chi connectivity index (χ2v) is 6.38. The van der Waals surface area contributed by atoms with Crippen LogP contribution in [0.5, 0.6) is 0 Å². The molecule has 18 heavy (non-hydrogen) atoms. The second kappa shape index (κ2) is 4.41. The van der Waals surface area contributed by atoms with Crippen LogP contribution in [0.15, 0.2) is 28.8 Å². The molecule has 0 aliphatic carbocycles. The average molecular weight is 267 g/mol. The summed E-state index contributed by atoms with van der Waals surface area (Å²) in [5, 5.41) is 2.87. The quantitative estimate of drug-likeness (QED) is 0.844. The molecular weight excluding hydrogens is 254 g/mol. The van der Waals surface area contributed by atoms with Crippen LogP contribution in [0.25, 0.3) is 11.5 Å². The monoisotopic (exact) mass is 267 g/mol. The Labute approximate surface area is 105 Å². The molecule has 1 heterocycles. The van der Waals surface area contributed by atoms with Crippen molar-refractivity contribution in [3.8, 4) is 11.5 Å². The van der Waals surface area contributed by atoms with E-state index in [1.165, 1.54) is 6.92 Å². The van der Waals surface area contributed by atoms with Gasteiger partial charge < -0.3 is 10.3 Å². The molecule has 7 heteroatoms. The molecule has 0 spiro atoms. The largest absolute Gasteiger partial charge is 0.398 e. The Hall–Kier alpha value is -1.89. The van der Waals surface area contributed by atoms with Crippen LogP contribution in [0.4, 0.5) is 5.69 Å². The summed E-state index contributed by atoms with van der Waals surface area (Å²) in [5.74, 6) is 0.356. The first-order valence-corrected chi connectivity index (χ1v) is 7.22. The zero-order chi connectivity index (χ0) is 13.3. The number of nitrogens with zero attached hydrogens (tertiary/aromatic N) is 2. The summed E-state index contributed by atoms with van der Waals surface area (Å²) < 4.78 is 27.8. The van der Waals surface area contributed by atoms with E-state index < -0.39 is 15.1 Å². The molecule has 1 aromatic heterocycles. The van der Waals surface area contributed by atoms with Gasteiger partial charge in [0.1, 0.15) is 5.25 Å². The summed E-state index contributed by atoms with van der Waals surface area (Å²) in [4.78, 5) is 4.07. The molecular formula is C11H13N3O3S. The lowest BCUT2D eigenvalue weighted by molar-refractivity contribution is 0.422. The smallest absolute Gasteiger partial charge is 0.260 e. The van der Waals surface area contributed by atoms with Crippen molar-refractivity contribution in [2.24, 2.45) is 0 Å². The van der Waals surface area contributed by atoms with Crippen LogP contribution in [0, 0.1) is 0 Å². The highest BCUT2D eigenvalue weighted by Gasteiger charge is 2.23. The zero-order valence-corrected chi connectivity index (χ0v) is 10.8. The highest BCUT2D eigenvalue weighted by molar-refractivity contribution is 7.90.